The van der Waals surface area contributed by atoms with Crippen LogP contribution in [-0.2, 0) is 13.0 Å². The van der Waals surface area contributed by atoms with Gasteiger partial charge in [0, 0.05) is 12.6 Å². The smallest absolute Gasteiger partial charge is 0.0278 e. The van der Waals surface area contributed by atoms with E-state index in [1.54, 1.807) is 0 Å². The first-order valence-corrected chi connectivity index (χ1v) is 8.77. The topological polar surface area (TPSA) is 12.0 Å². The monoisotopic (exact) mass is 307 g/mol. The molecule has 2 rings (SSSR count). The maximum absolute atomic E-state index is 4.05. The van der Waals surface area contributed by atoms with Crippen LogP contribution in [0.15, 0.2) is 73.3 Å². The molecular weight excluding hydrogens is 278 g/mol. The summed E-state index contributed by atoms with van der Waals surface area (Å²) in [6.07, 6.45) is 6.91. The van der Waals surface area contributed by atoms with Crippen molar-refractivity contribution in [3.8, 4) is 0 Å². The average Bonchev–Trinajstić information content (AvgIpc) is 2.62. The Morgan fingerprint density at radius 1 is 0.957 bits per heavy atom. The first kappa shape index (κ1) is 17.5. The summed E-state index contributed by atoms with van der Waals surface area (Å²) in [5.74, 6) is 0.653. The Hall–Kier alpha value is -1.86. The molecule has 23 heavy (non-hydrogen) atoms. The molecule has 1 N–H and O–H groups in total. The SMILES string of the molecule is C=C[C@H](NCc1ccccc1)[C@@H](CC)CCCc1ccccc1. The predicted octanol–water partition coefficient (Wildman–Crippen LogP) is 5.38. The van der Waals surface area contributed by atoms with Crippen LogP contribution in [0.3, 0.4) is 0 Å². The minimum atomic E-state index is 0.385. The molecule has 0 aromatic heterocycles. The van der Waals surface area contributed by atoms with Gasteiger partial charge in [-0.05, 0) is 36.3 Å². The Labute approximate surface area is 141 Å². The summed E-state index contributed by atoms with van der Waals surface area (Å²) >= 11 is 0. The van der Waals surface area contributed by atoms with Gasteiger partial charge in [0.05, 0.1) is 0 Å². The number of rotatable bonds is 10. The highest BCUT2D eigenvalue weighted by Gasteiger charge is 2.16. The normalized spacial score (nSPS) is 13.4. The molecular formula is C22H29N. The van der Waals surface area contributed by atoms with E-state index in [9.17, 15) is 0 Å². The number of nitrogens with one attached hydrogen (secondary N) is 1. The lowest BCUT2D eigenvalue weighted by Gasteiger charge is -2.25. The van der Waals surface area contributed by atoms with E-state index in [0.29, 0.717) is 12.0 Å². The summed E-state index contributed by atoms with van der Waals surface area (Å²) in [4.78, 5) is 0. The van der Waals surface area contributed by atoms with E-state index >= 15 is 0 Å². The van der Waals surface area contributed by atoms with Crippen molar-refractivity contribution in [2.75, 3.05) is 0 Å². The molecule has 0 heterocycles. The Kier molecular flexibility index (Phi) is 7.62. The maximum Gasteiger partial charge on any atom is 0.0278 e. The van der Waals surface area contributed by atoms with Crippen molar-refractivity contribution in [3.63, 3.8) is 0 Å². The zero-order valence-corrected chi connectivity index (χ0v) is 14.2. The highest BCUT2D eigenvalue weighted by atomic mass is 14.9. The van der Waals surface area contributed by atoms with Gasteiger partial charge in [-0.2, -0.15) is 0 Å². The molecule has 0 aliphatic rings. The van der Waals surface area contributed by atoms with E-state index in [1.807, 2.05) is 0 Å². The molecule has 0 unspecified atom stereocenters. The van der Waals surface area contributed by atoms with Crippen molar-refractivity contribution in [2.24, 2.45) is 5.92 Å². The van der Waals surface area contributed by atoms with E-state index in [-0.39, 0.29) is 0 Å². The highest BCUT2D eigenvalue weighted by Crippen LogP contribution is 2.19. The third kappa shape index (κ3) is 6.03. The van der Waals surface area contributed by atoms with Gasteiger partial charge < -0.3 is 5.32 Å². The van der Waals surface area contributed by atoms with Gasteiger partial charge >= 0.3 is 0 Å². The van der Waals surface area contributed by atoms with E-state index in [4.69, 9.17) is 0 Å². The van der Waals surface area contributed by atoms with Gasteiger partial charge in [-0.25, -0.2) is 0 Å². The van der Waals surface area contributed by atoms with E-state index in [0.717, 1.165) is 6.54 Å². The van der Waals surface area contributed by atoms with Crippen LogP contribution in [0.1, 0.15) is 37.3 Å². The third-order valence-electron chi connectivity index (χ3n) is 4.55. The van der Waals surface area contributed by atoms with Crippen molar-refractivity contribution >= 4 is 0 Å². The van der Waals surface area contributed by atoms with Crippen LogP contribution < -0.4 is 5.32 Å². The van der Waals surface area contributed by atoms with Crippen LogP contribution in [0.25, 0.3) is 0 Å². The number of hydrogen-bond acceptors (Lipinski definition) is 1. The highest BCUT2D eigenvalue weighted by molar-refractivity contribution is 5.15. The fourth-order valence-electron chi connectivity index (χ4n) is 3.12. The molecule has 2 aromatic carbocycles. The standard InChI is InChI=1S/C22H29N/c1-3-21(17-11-16-19-12-7-5-8-13-19)22(4-2)23-18-20-14-9-6-10-15-20/h4-10,12-15,21-23H,2-3,11,16-18H2,1H3/t21-,22-/m0/s1. The largest absolute Gasteiger partial charge is 0.306 e. The second-order valence-corrected chi connectivity index (χ2v) is 6.17. The predicted molar refractivity (Wildman–Crippen MR) is 100 cm³/mol. The molecule has 0 aliphatic carbocycles. The molecule has 1 heteroatoms. The van der Waals surface area contributed by atoms with Crippen molar-refractivity contribution in [2.45, 2.75) is 45.2 Å². The summed E-state index contributed by atoms with van der Waals surface area (Å²) < 4.78 is 0. The molecule has 0 spiro atoms. The van der Waals surface area contributed by atoms with E-state index < -0.39 is 0 Å². The molecule has 0 fully saturated rings. The molecule has 122 valence electrons. The van der Waals surface area contributed by atoms with Crippen LogP contribution in [0.4, 0.5) is 0 Å². The molecule has 0 saturated carbocycles. The maximum atomic E-state index is 4.05. The molecule has 0 radical (unpaired) electrons. The lowest BCUT2D eigenvalue weighted by molar-refractivity contribution is 0.362. The first-order valence-electron chi connectivity index (χ1n) is 8.77. The molecule has 0 bridgehead atoms. The van der Waals surface area contributed by atoms with Gasteiger partial charge in [0.2, 0.25) is 0 Å². The number of aryl methyl sites for hydroxylation is 1. The van der Waals surface area contributed by atoms with E-state index in [2.05, 4.69) is 85.6 Å². The van der Waals surface area contributed by atoms with E-state index in [1.165, 1.54) is 36.8 Å². The van der Waals surface area contributed by atoms with Crippen molar-refractivity contribution < 1.29 is 0 Å². The molecule has 0 aliphatic heterocycles. The van der Waals surface area contributed by atoms with Crippen LogP contribution in [0.2, 0.25) is 0 Å². The van der Waals surface area contributed by atoms with Gasteiger partial charge in [-0.1, -0.05) is 80.1 Å². The zero-order chi connectivity index (χ0) is 16.3. The van der Waals surface area contributed by atoms with Crippen LogP contribution >= 0.6 is 0 Å². The van der Waals surface area contributed by atoms with Crippen molar-refractivity contribution in [3.05, 3.63) is 84.4 Å². The van der Waals surface area contributed by atoms with Gasteiger partial charge in [-0.15, -0.1) is 6.58 Å². The first-order chi connectivity index (χ1) is 11.3. The van der Waals surface area contributed by atoms with Gasteiger partial charge in [0.25, 0.3) is 0 Å². The Morgan fingerprint density at radius 2 is 1.57 bits per heavy atom. The Morgan fingerprint density at radius 3 is 2.13 bits per heavy atom. The average molecular weight is 307 g/mol. The molecule has 1 nitrogen and oxygen atoms in total. The second-order valence-electron chi connectivity index (χ2n) is 6.17. The van der Waals surface area contributed by atoms with Crippen LogP contribution in [0, 0.1) is 5.92 Å². The summed E-state index contributed by atoms with van der Waals surface area (Å²) in [6.45, 7) is 7.24. The molecule has 2 atom stereocenters. The van der Waals surface area contributed by atoms with Crippen molar-refractivity contribution in [1.82, 2.24) is 5.32 Å². The minimum absolute atomic E-state index is 0.385. The second kappa shape index (κ2) is 10.0. The summed E-state index contributed by atoms with van der Waals surface area (Å²) in [5.41, 5.74) is 2.77. The van der Waals surface area contributed by atoms with Gasteiger partial charge in [0.1, 0.15) is 0 Å². The lowest BCUT2D eigenvalue weighted by Crippen LogP contribution is -2.33. The summed E-state index contributed by atoms with van der Waals surface area (Å²) in [6, 6.07) is 21.8. The van der Waals surface area contributed by atoms with Gasteiger partial charge in [-0.3, -0.25) is 0 Å². The van der Waals surface area contributed by atoms with Gasteiger partial charge in [0.15, 0.2) is 0 Å². The molecule has 0 saturated heterocycles. The van der Waals surface area contributed by atoms with Crippen molar-refractivity contribution in [1.29, 1.82) is 0 Å². The summed E-state index contributed by atoms with van der Waals surface area (Å²) in [7, 11) is 0. The fraction of sp³-hybridized carbons (Fsp3) is 0.364. The summed E-state index contributed by atoms with van der Waals surface area (Å²) in [5, 5.41) is 3.67. The number of benzene rings is 2. The van der Waals surface area contributed by atoms with Crippen LogP contribution in [0.5, 0.6) is 0 Å². The lowest BCUT2D eigenvalue weighted by atomic mass is 9.90. The quantitative estimate of drug-likeness (QED) is 0.581. The fourth-order valence-corrected chi connectivity index (χ4v) is 3.12. The third-order valence-corrected chi connectivity index (χ3v) is 4.55. The zero-order valence-electron chi connectivity index (χ0n) is 14.2. The van der Waals surface area contributed by atoms with Crippen LogP contribution in [-0.4, -0.2) is 6.04 Å². The number of hydrogen-bond donors (Lipinski definition) is 1. The minimum Gasteiger partial charge on any atom is -0.306 e. The molecule has 2 aromatic rings. The Bertz CT molecular complexity index is 547. The molecule has 0 amide bonds. The Balaban J connectivity index is 1.80.